The largest absolute Gasteiger partial charge is 0.330 e. The van der Waals surface area contributed by atoms with Crippen LogP contribution in [0.15, 0.2) is 18.2 Å². The highest BCUT2D eigenvalue weighted by Crippen LogP contribution is 2.27. The van der Waals surface area contributed by atoms with Crippen molar-refractivity contribution in [1.82, 2.24) is 0 Å². The molecule has 0 bridgehead atoms. The van der Waals surface area contributed by atoms with Gasteiger partial charge >= 0.3 is 0 Å². The topological polar surface area (TPSA) is 55.1 Å². The molecule has 0 aromatic heterocycles. The van der Waals surface area contributed by atoms with Gasteiger partial charge in [0.05, 0.1) is 5.92 Å². The van der Waals surface area contributed by atoms with E-state index in [0.717, 1.165) is 17.7 Å². The van der Waals surface area contributed by atoms with Gasteiger partial charge in [-0.3, -0.25) is 4.79 Å². The van der Waals surface area contributed by atoms with E-state index in [1.807, 2.05) is 13.8 Å². The molecule has 3 heteroatoms. The standard InChI is InChI=1S/C16H26N2O/c1-6-12(10-17)15(19)18-14-9-13(16(3,4)5)8-7-11(14)2/h7-9,12H,6,10,17H2,1-5H3,(H,18,19). The number of rotatable bonds is 4. The molecule has 3 N–H and O–H groups in total. The lowest BCUT2D eigenvalue weighted by Gasteiger charge is -2.21. The lowest BCUT2D eigenvalue weighted by molar-refractivity contribution is -0.119. The van der Waals surface area contributed by atoms with E-state index in [0.29, 0.717) is 6.54 Å². The van der Waals surface area contributed by atoms with Crippen molar-refractivity contribution in [1.29, 1.82) is 0 Å². The van der Waals surface area contributed by atoms with Crippen LogP contribution in [-0.2, 0) is 10.2 Å². The third-order valence-corrected chi connectivity index (χ3v) is 3.51. The van der Waals surface area contributed by atoms with Gasteiger partial charge in [-0.15, -0.1) is 0 Å². The van der Waals surface area contributed by atoms with E-state index in [1.54, 1.807) is 0 Å². The summed E-state index contributed by atoms with van der Waals surface area (Å²) in [5.74, 6) is -0.100. The maximum absolute atomic E-state index is 12.1. The Kier molecular flexibility index (Phi) is 5.12. The van der Waals surface area contributed by atoms with E-state index in [-0.39, 0.29) is 17.2 Å². The molecule has 0 aliphatic rings. The number of benzene rings is 1. The lowest BCUT2D eigenvalue weighted by atomic mass is 9.86. The molecule has 19 heavy (non-hydrogen) atoms. The normalized spacial score (nSPS) is 13.2. The Balaban J connectivity index is 2.98. The third-order valence-electron chi connectivity index (χ3n) is 3.51. The van der Waals surface area contributed by atoms with Crippen molar-refractivity contribution in [2.45, 2.75) is 46.5 Å². The highest BCUT2D eigenvalue weighted by molar-refractivity contribution is 5.93. The van der Waals surface area contributed by atoms with Crippen LogP contribution in [0.2, 0.25) is 0 Å². The smallest absolute Gasteiger partial charge is 0.228 e. The molecule has 0 fully saturated rings. The summed E-state index contributed by atoms with van der Waals surface area (Å²) in [4.78, 5) is 12.1. The number of hydrogen-bond acceptors (Lipinski definition) is 2. The Bertz CT molecular complexity index is 443. The molecule has 0 aliphatic heterocycles. The van der Waals surface area contributed by atoms with Crippen molar-refractivity contribution < 1.29 is 4.79 Å². The van der Waals surface area contributed by atoms with Crippen LogP contribution < -0.4 is 11.1 Å². The zero-order valence-electron chi connectivity index (χ0n) is 12.7. The van der Waals surface area contributed by atoms with E-state index in [1.165, 1.54) is 5.56 Å². The van der Waals surface area contributed by atoms with Crippen LogP contribution in [0.25, 0.3) is 0 Å². The number of carbonyl (C=O) groups excluding carboxylic acids is 1. The molecule has 1 amide bonds. The van der Waals surface area contributed by atoms with Gasteiger partial charge in [0.2, 0.25) is 5.91 Å². The minimum Gasteiger partial charge on any atom is -0.330 e. The number of carbonyl (C=O) groups is 1. The van der Waals surface area contributed by atoms with Crippen LogP contribution in [-0.4, -0.2) is 12.5 Å². The van der Waals surface area contributed by atoms with Gasteiger partial charge in [0.15, 0.2) is 0 Å². The quantitative estimate of drug-likeness (QED) is 0.875. The Morgan fingerprint density at radius 2 is 2.00 bits per heavy atom. The third kappa shape index (κ3) is 4.06. The average molecular weight is 262 g/mol. The van der Waals surface area contributed by atoms with Crippen molar-refractivity contribution in [2.24, 2.45) is 11.7 Å². The van der Waals surface area contributed by atoms with E-state index < -0.39 is 0 Å². The Hall–Kier alpha value is -1.35. The highest BCUT2D eigenvalue weighted by Gasteiger charge is 2.18. The van der Waals surface area contributed by atoms with E-state index >= 15 is 0 Å². The average Bonchev–Trinajstić information content (AvgIpc) is 2.32. The predicted molar refractivity (Wildman–Crippen MR) is 81.3 cm³/mol. The summed E-state index contributed by atoms with van der Waals surface area (Å²) < 4.78 is 0. The second-order valence-electron chi connectivity index (χ2n) is 6.11. The molecule has 1 aromatic rings. The van der Waals surface area contributed by atoms with Crippen molar-refractivity contribution in [3.8, 4) is 0 Å². The minimum absolute atomic E-state index is 0.0131. The van der Waals surface area contributed by atoms with Gasteiger partial charge in [-0.2, -0.15) is 0 Å². The number of nitrogens with one attached hydrogen (secondary N) is 1. The number of amides is 1. The predicted octanol–water partition coefficient (Wildman–Crippen LogP) is 3.22. The van der Waals surface area contributed by atoms with E-state index in [4.69, 9.17) is 5.73 Å². The molecule has 1 rings (SSSR count). The first-order chi connectivity index (χ1) is 8.79. The first-order valence-electron chi connectivity index (χ1n) is 6.91. The highest BCUT2D eigenvalue weighted by atomic mass is 16.1. The second-order valence-corrected chi connectivity index (χ2v) is 6.11. The molecule has 0 aliphatic carbocycles. The fourth-order valence-electron chi connectivity index (χ4n) is 1.92. The summed E-state index contributed by atoms with van der Waals surface area (Å²) in [5, 5.41) is 3.01. The Morgan fingerprint density at radius 1 is 1.37 bits per heavy atom. The SMILES string of the molecule is CCC(CN)C(=O)Nc1cc(C(C)(C)C)ccc1C. The molecule has 1 atom stereocenters. The van der Waals surface area contributed by atoms with Crippen LogP contribution in [0.3, 0.4) is 0 Å². The van der Waals surface area contributed by atoms with Gasteiger partial charge in [-0.25, -0.2) is 0 Å². The monoisotopic (exact) mass is 262 g/mol. The number of nitrogens with two attached hydrogens (primary N) is 1. The minimum atomic E-state index is -0.113. The zero-order chi connectivity index (χ0) is 14.6. The second kappa shape index (κ2) is 6.20. The van der Waals surface area contributed by atoms with Crippen molar-refractivity contribution >= 4 is 11.6 Å². The fourth-order valence-corrected chi connectivity index (χ4v) is 1.92. The molecule has 106 valence electrons. The molecule has 0 radical (unpaired) electrons. The van der Waals surface area contributed by atoms with Crippen LogP contribution in [0.4, 0.5) is 5.69 Å². The molecular formula is C16H26N2O. The zero-order valence-corrected chi connectivity index (χ0v) is 12.7. The lowest BCUT2D eigenvalue weighted by Crippen LogP contribution is -2.29. The number of aryl methyl sites for hydroxylation is 1. The van der Waals surface area contributed by atoms with Gasteiger partial charge in [-0.1, -0.05) is 39.8 Å². The fraction of sp³-hybridized carbons (Fsp3) is 0.562. The maximum Gasteiger partial charge on any atom is 0.228 e. The van der Waals surface area contributed by atoms with Gasteiger partial charge in [0, 0.05) is 12.2 Å². The molecule has 0 saturated carbocycles. The summed E-state index contributed by atoms with van der Waals surface area (Å²) in [5.41, 5.74) is 8.88. The van der Waals surface area contributed by atoms with Gasteiger partial charge < -0.3 is 11.1 Å². The van der Waals surface area contributed by atoms with E-state index in [9.17, 15) is 4.79 Å². The van der Waals surface area contributed by atoms with E-state index in [2.05, 4.69) is 44.3 Å². The number of hydrogen-bond donors (Lipinski definition) is 2. The Morgan fingerprint density at radius 3 is 2.47 bits per heavy atom. The summed E-state index contributed by atoms with van der Waals surface area (Å²) in [6.07, 6.45) is 0.764. The summed E-state index contributed by atoms with van der Waals surface area (Å²) >= 11 is 0. The Labute approximate surface area is 116 Å². The van der Waals surface area contributed by atoms with Crippen LogP contribution >= 0.6 is 0 Å². The summed E-state index contributed by atoms with van der Waals surface area (Å²) in [6, 6.07) is 6.24. The molecule has 1 unspecified atom stereocenters. The van der Waals surface area contributed by atoms with Gasteiger partial charge in [0.25, 0.3) is 0 Å². The van der Waals surface area contributed by atoms with Crippen molar-refractivity contribution in [3.05, 3.63) is 29.3 Å². The van der Waals surface area contributed by atoms with Gasteiger partial charge in [-0.05, 0) is 36.0 Å². The first-order valence-corrected chi connectivity index (χ1v) is 6.91. The van der Waals surface area contributed by atoms with Crippen LogP contribution in [0.1, 0.15) is 45.2 Å². The molecule has 0 heterocycles. The molecule has 0 spiro atoms. The maximum atomic E-state index is 12.1. The molecule has 1 aromatic carbocycles. The molecule has 3 nitrogen and oxygen atoms in total. The first kappa shape index (κ1) is 15.7. The van der Waals surface area contributed by atoms with Crippen molar-refractivity contribution in [3.63, 3.8) is 0 Å². The van der Waals surface area contributed by atoms with Crippen molar-refractivity contribution in [2.75, 3.05) is 11.9 Å². The summed E-state index contributed by atoms with van der Waals surface area (Å²) in [7, 11) is 0. The molecular weight excluding hydrogens is 236 g/mol. The number of anilines is 1. The van der Waals surface area contributed by atoms with Gasteiger partial charge in [0.1, 0.15) is 0 Å². The van der Waals surface area contributed by atoms with Crippen LogP contribution in [0.5, 0.6) is 0 Å². The summed E-state index contributed by atoms with van der Waals surface area (Å²) in [6.45, 7) is 10.9. The molecule has 0 saturated heterocycles. The van der Waals surface area contributed by atoms with Crippen LogP contribution in [0, 0.1) is 12.8 Å².